The van der Waals surface area contributed by atoms with Crippen LogP contribution in [0.2, 0.25) is 0 Å². The zero-order chi connectivity index (χ0) is 15.5. The van der Waals surface area contributed by atoms with Crippen LogP contribution in [0, 0.1) is 0 Å². The summed E-state index contributed by atoms with van der Waals surface area (Å²) in [6, 6.07) is 7.90. The minimum Gasteiger partial charge on any atom is -0.284 e. The summed E-state index contributed by atoms with van der Waals surface area (Å²) in [4.78, 5) is 12.3. The van der Waals surface area contributed by atoms with Crippen LogP contribution in [0.3, 0.4) is 0 Å². The first-order valence-electron chi connectivity index (χ1n) is 7.74. The van der Waals surface area contributed by atoms with Crippen LogP contribution in [0.25, 0.3) is 0 Å². The van der Waals surface area contributed by atoms with E-state index in [9.17, 15) is 4.79 Å². The molecule has 1 amide bonds. The summed E-state index contributed by atoms with van der Waals surface area (Å²) in [6.45, 7) is 10.4. The van der Waals surface area contributed by atoms with Crippen molar-refractivity contribution in [2.45, 2.75) is 46.0 Å². The molecular weight excluding hydrogens is 260 g/mol. The Labute approximate surface area is 128 Å². The number of carbonyl (C=O) groups is 1. The Hall–Kier alpha value is -1.61. The number of nitrogens with zero attached hydrogens (tertiary/aromatic N) is 1. The molecule has 114 valence electrons. The first kappa shape index (κ1) is 15.8. The first-order valence-corrected chi connectivity index (χ1v) is 7.74. The van der Waals surface area contributed by atoms with Gasteiger partial charge < -0.3 is 0 Å². The number of benzene rings is 1. The maximum atomic E-state index is 12.3. The Morgan fingerprint density at radius 3 is 2.38 bits per heavy atom. The van der Waals surface area contributed by atoms with Crippen molar-refractivity contribution in [1.82, 2.24) is 10.4 Å². The van der Waals surface area contributed by atoms with Crippen molar-refractivity contribution >= 4 is 5.91 Å². The van der Waals surface area contributed by atoms with Crippen molar-refractivity contribution in [2.75, 3.05) is 13.1 Å². The van der Waals surface area contributed by atoms with Crippen LogP contribution < -0.4 is 5.43 Å². The van der Waals surface area contributed by atoms with Gasteiger partial charge in [0, 0.05) is 18.7 Å². The summed E-state index contributed by atoms with van der Waals surface area (Å²) < 4.78 is 0. The summed E-state index contributed by atoms with van der Waals surface area (Å²) in [6.07, 6.45) is 4.36. The average molecular weight is 286 g/mol. The van der Waals surface area contributed by atoms with E-state index in [0.717, 1.165) is 25.9 Å². The maximum Gasteiger partial charge on any atom is 0.265 e. The molecule has 0 aliphatic carbocycles. The highest BCUT2D eigenvalue weighted by atomic mass is 16.2. The number of rotatable bonds is 3. The topological polar surface area (TPSA) is 32.3 Å². The predicted molar refractivity (Wildman–Crippen MR) is 87.2 cm³/mol. The van der Waals surface area contributed by atoms with E-state index in [0.29, 0.717) is 5.56 Å². The van der Waals surface area contributed by atoms with E-state index in [1.807, 2.05) is 29.3 Å². The van der Waals surface area contributed by atoms with E-state index in [1.165, 1.54) is 11.1 Å². The number of hydrogen-bond acceptors (Lipinski definition) is 2. The second-order valence-corrected chi connectivity index (χ2v) is 6.68. The predicted octanol–water partition coefficient (Wildman–Crippen LogP) is 3.67. The number of carbonyl (C=O) groups excluding carboxylic acids is 1. The first-order chi connectivity index (χ1) is 9.90. The smallest absolute Gasteiger partial charge is 0.265 e. The fraction of sp³-hybridized carbons (Fsp3) is 0.500. The Morgan fingerprint density at radius 2 is 1.90 bits per heavy atom. The highest BCUT2D eigenvalue weighted by Gasteiger charge is 2.16. The average Bonchev–Trinajstić information content (AvgIpc) is 2.47. The highest BCUT2D eigenvalue weighted by Crippen LogP contribution is 2.22. The lowest BCUT2D eigenvalue weighted by Gasteiger charge is -2.26. The molecule has 21 heavy (non-hydrogen) atoms. The molecule has 2 rings (SSSR count). The van der Waals surface area contributed by atoms with Crippen LogP contribution in [0.15, 0.2) is 35.9 Å². The van der Waals surface area contributed by atoms with Gasteiger partial charge in [0.05, 0.1) is 0 Å². The zero-order valence-corrected chi connectivity index (χ0v) is 13.6. The number of hydrogen-bond donors (Lipinski definition) is 1. The normalized spacial score (nSPS) is 16.5. The van der Waals surface area contributed by atoms with E-state index in [2.05, 4.69) is 39.2 Å². The van der Waals surface area contributed by atoms with Crippen LogP contribution >= 0.6 is 0 Å². The molecule has 1 aliphatic rings. The number of amides is 1. The van der Waals surface area contributed by atoms with Crippen LogP contribution in [0.5, 0.6) is 0 Å². The molecule has 0 aromatic heterocycles. The molecule has 1 aromatic rings. The van der Waals surface area contributed by atoms with Gasteiger partial charge in [-0.3, -0.25) is 10.2 Å². The Balaban J connectivity index is 1.97. The molecule has 1 aromatic carbocycles. The molecule has 1 heterocycles. The van der Waals surface area contributed by atoms with Crippen molar-refractivity contribution < 1.29 is 4.79 Å². The molecule has 0 spiro atoms. The van der Waals surface area contributed by atoms with Gasteiger partial charge in [-0.25, -0.2) is 5.01 Å². The lowest BCUT2D eigenvalue weighted by molar-refractivity contribution is 0.0801. The third-order valence-corrected chi connectivity index (χ3v) is 4.03. The van der Waals surface area contributed by atoms with Crippen LogP contribution in [0.4, 0.5) is 0 Å². The second kappa shape index (κ2) is 6.44. The van der Waals surface area contributed by atoms with Gasteiger partial charge in [-0.05, 0) is 36.0 Å². The Bertz CT molecular complexity index is 523. The Kier molecular flexibility index (Phi) is 4.84. The minimum absolute atomic E-state index is 0.0243. The van der Waals surface area contributed by atoms with E-state index in [-0.39, 0.29) is 11.3 Å². The molecule has 0 atom stereocenters. The molecular formula is C18H26N2O. The van der Waals surface area contributed by atoms with E-state index >= 15 is 0 Å². The molecule has 1 aliphatic heterocycles. The van der Waals surface area contributed by atoms with Gasteiger partial charge >= 0.3 is 0 Å². The van der Waals surface area contributed by atoms with Gasteiger partial charge in [0.25, 0.3) is 5.91 Å². The summed E-state index contributed by atoms with van der Waals surface area (Å²) in [5.74, 6) is -0.0243. The fourth-order valence-electron chi connectivity index (χ4n) is 2.46. The molecule has 3 nitrogen and oxygen atoms in total. The van der Waals surface area contributed by atoms with Gasteiger partial charge in [-0.1, -0.05) is 51.5 Å². The molecule has 0 radical (unpaired) electrons. The van der Waals surface area contributed by atoms with Gasteiger partial charge in [-0.2, -0.15) is 0 Å². The minimum atomic E-state index is -0.0243. The molecule has 0 bridgehead atoms. The molecule has 0 saturated carbocycles. The van der Waals surface area contributed by atoms with Crippen LogP contribution in [-0.2, 0) is 5.41 Å². The van der Waals surface area contributed by atoms with Crippen molar-refractivity contribution in [3.8, 4) is 0 Å². The standard InChI is InChI=1S/C18H26N2O/c1-5-14-10-12-20(13-11-14)19-17(21)15-6-8-16(9-7-15)18(2,3)4/h6-10H,5,11-13H2,1-4H3,(H,19,21). The third-order valence-electron chi connectivity index (χ3n) is 4.03. The largest absolute Gasteiger partial charge is 0.284 e. The summed E-state index contributed by atoms with van der Waals surface area (Å²) in [5.41, 5.74) is 6.54. The van der Waals surface area contributed by atoms with E-state index in [1.54, 1.807) is 0 Å². The van der Waals surface area contributed by atoms with Gasteiger partial charge in [-0.15, -0.1) is 0 Å². The second-order valence-electron chi connectivity index (χ2n) is 6.68. The molecule has 0 unspecified atom stereocenters. The SMILES string of the molecule is CCC1=CCN(NC(=O)c2ccc(C(C)(C)C)cc2)CC1. The summed E-state index contributed by atoms with van der Waals surface area (Å²) >= 11 is 0. The molecule has 1 N–H and O–H groups in total. The zero-order valence-electron chi connectivity index (χ0n) is 13.6. The molecule has 0 saturated heterocycles. The van der Waals surface area contributed by atoms with Crippen molar-refractivity contribution in [2.24, 2.45) is 0 Å². The van der Waals surface area contributed by atoms with Crippen molar-refractivity contribution in [3.05, 3.63) is 47.0 Å². The molecule has 0 fully saturated rings. The number of hydrazine groups is 1. The molecule has 3 heteroatoms. The summed E-state index contributed by atoms with van der Waals surface area (Å²) in [7, 11) is 0. The van der Waals surface area contributed by atoms with E-state index < -0.39 is 0 Å². The van der Waals surface area contributed by atoms with E-state index in [4.69, 9.17) is 0 Å². The summed E-state index contributed by atoms with van der Waals surface area (Å²) in [5, 5.41) is 1.99. The quantitative estimate of drug-likeness (QED) is 0.860. The third kappa shape index (κ3) is 4.18. The lowest BCUT2D eigenvalue weighted by atomic mass is 9.87. The number of nitrogens with one attached hydrogen (secondary N) is 1. The highest BCUT2D eigenvalue weighted by molar-refractivity contribution is 5.93. The van der Waals surface area contributed by atoms with Crippen LogP contribution in [0.1, 0.15) is 56.5 Å². The Morgan fingerprint density at radius 1 is 1.24 bits per heavy atom. The van der Waals surface area contributed by atoms with Gasteiger partial charge in [0.2, 0.25) is 0 Å². The maximum absolute atomic E-state index is 12.3. The fourth-order valence-corrected chi connectivity index (χ4v) is 2.46. The van der Waals surface area contributed by atoms with Crippen LogP contribution in [-0.4, -0.2) is 24.0 Å². The van der Waals surface area contributed by atoms with Gasteiger partial charge in [0.1, 0.15) is 0 Å². The van der Waals surface area contributed by atoms with Crippen molar-refractivity contribution in [3.63, 3.8) is 0 Å². The van der Waals surface area contributed by atoms with Crippen molar-refractivity contribution in [1.29, 1.82) is 0 Å². The monoisotopic (exact) mass is 286 g/mol. The van der Waals surface area contributed by atoms with Gasteiger partial charge in [0.15, 0.2) is 0 Å². The lowest BCUT2D eigenvalue weighted by Crippen LogP contribution is -2.44.